The molecular weight excluding hydrogens is 314 g/mol. The topological polar surface area (TPSA) is 61.4 Å². The Balaban J connectivity index is 0.00000264. The second-order valence-corrected chi connectivity index (χ2v) is 7.93. The van der Waals surface area contributed by atoms with E-state index in [1.165, 1.54) is 0 Å². The van der Waals surface area contributed by atoms with Crippen molar-refractivity contribution in [3.8, 4) is 0 Å². The molecule has 0 aromatic rings. The Bertz CT molecular complexity index is 423. The van der Waals surface area contributed by atoms with E-state index in [4.69, 9.17) is 0 Å². The number of amides is 2. The maximum absolute atomic E-state index is 12.5. The van der Waals surface area contributed by atoms with E-state index >= 15 is 0 Å². The molecule has 0 saturated carbocycles. The molecule has 23 heavy (non-hydrogen) atoms. The van der Waals surface area contributed by atoms with E-state index < -0.39 is 0 Å². The first kappa shape index (κ1) is 20.2. The van der Waals surface area contributed by atoms with Crippen LogP contribution in [0.1, 0.15) is 53.4 Å². The summed E-state index contributed by atoms with van der Waals surface area (Å²) in [7, 11) is 0. The van der Waals surface area contributed by atoms with E-state index in [0.717, 1.165) is 38.8 Å². The van der Waals surface area contributed by atoms with Gasteiger partial charge in [-0.15, -0.1) is 12.4 Å². The number of piperidine rings is 2. The zero-order valence-electron chi connectivity index (χ0n) is 14.9. The summed E-state index contributed by atoms with van der Waals surface area (Å²) in [6.07, 6.45) is 3.79. The average molecular weight is 346 g/mol. The molecule has 0 aromatic carbocycles. The first-order valence-electron chi connectivity index (χ1n) is 8.60. The van der Waals surface area contributed by atoms with Crippen LogP contribution in [0.3, 0.4) is 0 Å². The van der Waals surface area contributed by atoms with Crippen LogP contribution >= 0.6 is 12.4 Å². The van der Waals surface area contributed by atoms with Crippen molar-refractivity contribution in [3.63, 3.8) is 0 Å². The van der Waals surface area contributed by atoms with Crippen molar-refractivity contribution >= 4 is 24.2 Å². The standard InChI is InChI=1S/C17H31N3O2.ClH/c1-12-10-14(7-8-18-12)19-15(21)13-6-5-9-20(11-13)16(22)17(2,3)4;/h12-14,18H,5-11H2,1-4H3,(H,19,21);1H. The summed E-state index contributed by atoms with van der Waals surface area (Å²) >= 11 is 0. The van der Waals surface area contributed by atoms with Crippen LogP contribution < -0.4 is 10.6 Å². The van der Waals surface area contributed by atoms with Gasteiger partial charge in [0.2, 0.25) is 11.8 Å². The summed E-state index contributed by atoms with van der Waals surface area (Å²) in [4.78, 5) is 26.8. The highest BCUT2D eigenvalue weighted by Crippen LogP contribution is 2.24. The highest BCUT2D eigenvalue weighted by Gasteiger charge is 2.34. The van der Waals surface area contributed by atoms with E-state index in [2.05, 4.69) is 17.6 Å². The lowest BCUT2D eigenvalue weighted by Gasteiger charge is -2.37. The second kappa shape index (κ2) is 8.34. The lowest BCUT2D eigenvalue weighted by molar-refractivity contribution is -0.142. The maximum Gasteiger partial charge on any atom is 0.227 e. The fourth-order valence-corrected chi connectivity index (χ4v) is 3.43. The smallest absolute Gasteiger partial charge is 0.227 e. The van der Waals surface area contributed by atoms with Crippen LogP contribution in [-0.2, 0) is 9.59 Å². The van der Waals surface area contributed by atoms with Crippen LogP contribution in [0.5, 0.6) is 0 Å². The van der Waals surface area contributed by atoms with Gasteiger partial charge in [-0.3, -0.25) is 9.59 Å². The number of nitrogens with zero attached hydrogens (tertiary/aromatic N) is 1. The lowest BCUT2D eigenvalue weighted by Crippen LogP contribution is -2.52. The molecule has 6 heteroatoms. The number of likely N-dealkylation sites (tertiary alicyclic amines) is 1. The summed E-state index contributed by atoms with van der Waals surface area (Å²) in [5.74, 6) is 0.233. The molecule has 3 unspecified atom stereocenters. The molecule has 2 amide bonds. The molecule has 2 saturated heterocycles. The molecule has 2 aliphatic rings. The van der Waals surface area contributed by atoms with Crippen molar-refractivity contribution in [3.05, 3.63) is 0 Å². The lowest BCUT2D eigenvalue weighted by atomic mass is 9.90. The van der Waals surface area contributed by atoms with Crippen molar-refractivity contribution < 1.29 is 9.59 Å². The van der Waals surface area contributed by atoms with Gasteiger partial charge in [-0.1, -0.05) is 20.8 Å². The predicted octanol–water partition coefficient (Wildman–Crippen LogP) is 1.95. The van der Waals surface area contributed by atoms with E-state index in [9.17, 15) is 9.59 Å². The van der Waals surface area contributed by atoms with Crippen molar-refractivity contribution in [1.82, 2.24) is 15.5 Å². The van der Waals surface area contributed by atoms with E-state index in [1.54, 1.807) is 0 Å². The monoisotopic (exact) mass is 345 g/mol. The summed E-state index contributed by atoms with van der Waals surface area (Å²) in [6, 6.07) is 0.738. The molecule has 5 nitrogen and oxygen atoms in total. The molecule has 2 rings (SSSR count). The summed E-state index contributed by atoms with van der Waals surface area (Å²) in [5.41, 5.74) is -0.372. The van der Waals surface area contributed by atoms with E-state index in [-0.39, 0.29) is 41.6 Å². The Morgan fingerprint density at radius 3 is 2.52 bits per heavy atom. The van der Waals surface area contributed by atoms with Crippen LogP contribution in [-0.4, -0.2) is 48.4 Å². The quantitative estimate of drug-likeness (QED) is 0.804. The Kier molecular flexibility index (Phi) is 7.33. The number of rotatable bonds is 2. The van der Waals surface area contributed by atoms with E-state index in [1.807, 2.05) is 25.7 Å². The van der Waals surface area contributed by atoms with Gasteiger partial charge in [-0.2, -0.15) is 0 Å². The number of carbonyl (C=O) groups excluding carboxylic acids is 2. The number of hydrogen-bond acceptors (Lipinski definition) is 3. The zero-order valence-corrected chi connectivity index (χ0v) is 15.7. The first-order chi connectivity index (χ1) is 10.3. The molecule has 2 fully saturated rings. The van der Waals surface area contributed by atoms with Gasteiger partial charge in [0.05, 0.1) is 5.92 Å². The summed E-state index contributed by atoms with van der Waals surface area (Å²) < 4.78 is 0. The molecular formula is C17H32ClN3O2. The Morgan fingerprint density at radius 1 is 1.22 bits per heavy atom. The van der Waals surface area contributed by atoms with Crippen LogP contribution in [0.4, 0.5) is 0 Å². The predicted molar refractivity (Wildman–Crippen MR) is 94.6 cm³/mol. The number of nitrogens with one attached hydrogen (secondary N) is 2. The first-order valence-corrected chi connectivity index (χ1v) is 8.60. The molecule has 3 atom stereocenters. The third kappa shape index (κ3) is 5.64. The highest BCUT2D eigenvalue weighted by molar-refractivity contribution is 5.85. The van der Waals surface area contributed by atoms with Crippen molar-refractivity contribution in [2.24, 2.45) is 11.3 Å². The Labute approximate surface area is 146 Å². The molecule has 2 N–H and O–H groups in total. The Hall–Kier alpha value is -0.810. The minimum absolute atomic E-state index is 0. The largest absolute Gasteiger partial charge is 0.353 e. The van der Waals surface area contributed by atoms with Gasteiger partial charge in [0.25, 0.3) is 0 Å². The number of halogens is 1. The van der Waals surface area contributed by atoms with Gasteiger partial charge in [0.15, 0.2) is 0 Å². The van der Waals surface area contributed by atoms with Crippen LogP contribution in [0.25, 0.3) is 0 Å². The van der Waals surface area contributed by atoms with Gasteiger partial charge in [0, 0.05) is 30.6 Å². The highest BCUT2D eigenvalue weighted by atomic mass is 35.5. The molecule has 0 aliphatic carbocycles. The average Bonchev–Trinajstić information content (AvgIpc) is 2.45. The fraction of sp³-hybridized carbons (Fsp3) is 0.882. The minimum atomic E-state index is -0.372. The molecule has 2 aliphatic heterocycles. The van der Waals surface area contributed by atoms with Gasteiger partial charge in [-0.25, -0.2) is 0 Å². The normalized spacial score (nSPS) is 28.7. The third-order valence-electron chi connectivity index (χ3n) is 4.69. The molecule has 0 radical (unpaired) electrons. The minimum Gasteiger partial charge on any atom is -0.353 e. The van der Waals surface area contributed by atoms with Crippen molar-refractivity contribution in [2.75, 3.05) is 19.6 Å². The molecule has 0 spiro atoms. The number of carbonyl (C=O) groups is 2. The van der Waals surface area contributed by atoms with Crippen LogP contribution in [0.2, 0.25) is 0 Å². The van der Waals surface area contributed by atoms with E-state index in [0.29, 0.717) is 12.6 Å². The Morgan fingerprint density at radius 2 is 1.91 bits per heavy atom. The maximum atomic E-state index is 12.5. The SMILES string of the molecule is CC1CC(NC(=O)C2CCCN(C(=O)C(C)(C)C)C2)CCN1.Cl. The summed E-state index contributed by atoms with van der Waals surface area (Å²) in [5, 5.41) is 6.60. The second-order valence-electron chi connectivity index (χ2n) is 7.93. The van der Waals surface area contributed by atoms with Gasteiger partial charge >= 0.3 is 0 Å². The molecule has 0 bridgehead atoms. The van der Waals surface area contributed by atoms with Gasteiger partial charge < -0.3 is 15.5 Å². The fourth-order valence-electron chi connectivity index (χ4n) is 3.43. The molecule has 0 aromatic heterocycles. The van der Waals surface area contributed by atoms with Gasteiger partial charge in [0.1, 0.15) is 0 Å². The van der Waals surface area contributed by atoms with Crippen molar-refractivity contribution in [1.29, 1.82) is 0 Å². The van der Waals surface area contributed by atoms with Crippen LogP contribution in [0.15, 0.2) is 0 Å². The van der Waals surface area contributed by atoms with Gasteiger partial charge in [-0.05, 0) is 39.2 Å². The van der Waals surface area contributed by atoms with Crippen molar-refractivity contribution in [2.45, 2.75) is 65.5 Å². The third-order valence-corrected chi connectivity index (χ3v) is 4.69. The summed E-state index contributed by atoms with van der Waals surface area (Å²) in [6.45, 7) is 10.3. The van der Waals surface area contributed by atoms with Crippen LogP contribution in [0, 0.1) is 11.3 Å². The molecule has 2 heterocycles. The molecule has 134 valence electrons. The zero-order chi connectivity index (χ0) is 16.3. The number of hydrogen-bond donors (Lipinski definition) is 2.